The first-order chi connectivity index (χ1) is 9.10. The topological polar surface area (TPSA) is 64.5 Å². The van der Waals surface area contributed by atoms with Crippen LogP contribution < -0.4 is 10.2 Å². The van der Waals surface area contributed by atoms with E-state index in [1.165, 1.54) is 0 Å². The van der Waals surface area contributed by atoms with Crippen molar-refractivity contribution in [3.05, 3.63) is 10.7 Å². The third-order valence-electron chi connectivity index (χ3n) is 3.15. The SMILES string of the molecule is CNc1nc(N2CCN(C[C@H](C)O)CC2)ncc1Br. The van der Waals surface area contributed by atoms with Gasteiger partial charge in [-0.2, -0.15) is 4.98 Å². The van der Waals surface area contributed by atoms with E-state index >= 15 is 0 Å². The number of aliphatic hydroxyl groups excluding tert-OH is 1. The number of hydrogen-bond acceptors (Lipinski definition) is 6. The van der Waals surface area contributed by atoms with E-state index < -0.39 is 0 Å². The van der Waals surface area contributed by atoms with Crippen LogP contribution in [0.15, 0.2) is 10.7 Å². The van der Waals surface area contributed by atoms with Crippen molar-refractivity contribution < 1.29 is 5.11 Å². The molecule has 6 nitrogen and oxygen atoms in total. The summed E-state index contributed by atoms with van der Waals surface area (Å²) >= 11 is 3.41. The Hall–Kier alpha value is -0.920. The maximum atomic E-state index is 9.39. The lowest BCUT2D eigenvalue weighted by atomic mass is 10.3. The molecule has 1 aliphatic rings. The van der Waals surface area contributed by atoms with E-state index in [1.807, 2.05) is 14.0 Å². The highest BCUT2D eigenvalue weighted by atomic mass is 79.9. The molecule has 2 heterocycles. The van der Waals surface area contributed by atoms with Crippen molar-refractivity contribution in [3.8, 4) is 0 Å². The van der Waals surface area contributed by atoms with Crippen LogP contribution in [0.4, 0.5) is 11.8 Å². The van der Waals surface area contributed by atoms with E-state index in [4.69, 9.17) is 0 Å². The molecular formula is C12H20BrN5O. The van der Waals surface area contributed by atoms with Gasteiger partial charge < -0.3 is 15.3 Å². The first kappa shape index (κ1) is 14.5. The smallest absolute Gasteiger partial charge is 0.227 e. The Balaban J connectivity index is 1.97. The summed E-state index contributed by atoms with van der Waals surface area (Å²) in [5, 5.41) is 12.4. The van der Waals surface area contributed by atoms with E-state index in [0.29, 0.717) is 0 Å². The maximum absolute atomic E-state index is 9.39. The van der Waals surface area contributed by atoms with Crippen molar-refractivity contribution in [2.24, 2.45) is 0 Å². The number of piperazine rings is 1. The number of nitrogens with zero attached hydrogens (tertiary/aromatic N) is 4. The van der Waals surface area contributed by atoms with Crippen LogP contribution in [0.2, 0.25) is 0 Å². The number of halogens is 1. The van der Waals surface area contributed by atoms with Gasteiger partial charge in [0.25, 0.3) is 0 Å². The highest BCUT2D eigenvalue weighted by molar-refractivity contribution is 9.10. The molecule has 7 heteroatoms. The molecule has 0 amide bonds. The molecule has 0 bridgehead atoms. The third-order valence-corrected chi connectivity index (χ3v) is 3.73. The van der Waals surface area contributed by atoms with Crippen LogP contribution in [0.1, 0.15) is 6.92 Å². The molecule has 2 N–H and O–H groups in total. The van der Waals surface area contributed by atoms with Gasteiger partial charge >= 0.3 is 0 Å². The van der Waals surface area contributed by atoms with E-state index in [1.54, 1.807) is 6.20 Å². The zero-order chi connectivity index (χ0) is 13.8. The van der Waals surface area contributed by atoms with Gasteiger partial charge in [0.2, 0.25) is 5.95 Å². The van der Waals surface area contributed by atoms with Crippen LogP contribution in [0.5, 0.6) is 0 Å². The number of β-amino-alcohol motifs (C(OH)–C–C–N with tert-alkyl or cyclic N) is 1. The number of rotatable bonds is 4. The van der Waals surface area contributed by atoms with Crippen LogP contribution in [-0.2, 0) is 0 Å². The second-order valence-corrected chi connectivity index (χ2v) is 5.61. The average Bonchev–Trinajstić information content (AvgIpc) is 2.40. The van der Waals surface area contributed by atoms with E-state index in [9.17, 15) is 5.11 Å². The fourth-order valence-corrected chi connectivity index (χ4v) is 2.58. The summed E-state index contributed by atoms with van der Waals surface area (Å²) < 4.78 is 0.867. The molecule has 1 aliphatic heterocycles. The first-order valence-corrected chi connectivity index (χ1v) is 7.25. The van der Waals surface area contributed by atoms with Crippen LogP contribution in [-0.4, -0.2) is 65.8 Å². The molecule has 0 spiro atoms. The molecule has 2 rings (SSSR count). The Kier molecular flexibility index (Phi) is 4.95. The van der Waals surface area contributed by atoms with Crippen LogP contribution in [0, 0.1) is 0 Å². The Morgan fingerprint density at radius 3 is 2.68 bits per heavy atom. The van der Waals surface area contributed by atoms with Gasteiger partial charge in [-0.3, -0.25) is 4.90 Å². The average molecular weight is 330 g/mol. The molecule has 1 saturated heterocycles. The van der Waals surface area contributed by atoms with Gasteiger partial charge in [0, 0.05) is 46.0 Å². The Labute approximate surface area is 122 Å². The largest absolute Gasteiger partial charge is 0.392 e. The third kappa shape index (κ3) is 3.77. The zero-order valence-electron chi connectivity index (χ0n) is 11.3. The first-order valence-electron chi connectivity index (χ1n) is 6.46. The van der Waals surface area contributed by atoms with Gasteiger partial charge in [-0.05, 0) is 22.9 Å². The standard InChI is InChI=1S/C12H20BrN5O/c1-9(19)8-17-3-5-18(6-4-17)12-15-7-10(13)11(14-2)16-12/h7,9,19H,3-6,8H2,1-2H3,(H,14,15,16)/t9-/m0/s1. The number of aromatic nitrogens is 2. The normalized spacial score (nSPS) is 18.4. The van der Waals surface area contributed by atoms with Crippen molar-refractivity contribution in [2.45, 2.75) is 13.0 Å². The molecule has 0 aliphatic carbocycles. The van der Waals surface area contributed by atoms with Crippen molar-refractivity contribution >= 4 is 27.7 Å². The number of anilines is 2. The van der Waals surface area contributed by atoms with Gasteiger partial charge in [-0.15, -0.1) is 0 Å². The van der Waals surface area contributed by atoms with E-state index in [2.05, 4.69) is 41.0 Å². The van der Waals surface area contributed by atoms with Gasteiger partial charge in [0.15, 0.2) is 0 Å². The van der Waals surface area contributed by atoms with E-state index in [-0.39, 0.29) is 6.10 Å². The molecule has 19 heavy (non-hydrogen) atoms. The van der Waals surface area contributed by atoms with Crippen LogP contribution in [0.3, 0.4) is 0 Å². The minimum absolute atomic E-state index is 0.272. The molecule has 1 fully saturated rings. The Morgan fingerprint density at radius 1 is 1.42 bits per heavy atom. The van der Waals surface area contributed by atoms with Crippen molar-refractivity contribution in [1.29, 1.82) is 0 Å². The molecule has 0 aromatic carbocycles. The second kappa shape index (κ2) is 6.49. The molecule has 1 atom stereocenters. The van der Waals surface area contributed by atoms with E-state index in [0.717, 1.165) is 49.0 Å². The van der Waals surface area contributed by atoms with Crippen molar-refractivity contribution in [1.82, 2.24) is 14.9 Å². The molecule has 1 aromatic heterocycles. The summed E-state index contributed by atoms with van der Waals surface area (Å²) in [6, 6.07) is 0. The predicted octanol–water partition coefficient (Wildman–Crippen LogP) is 0.784. The quantitative estimate of drug-likeness (QED) is 0.851. The fourth-order valence-electron chi connectivity index (χ4n) is 2.19. The molecule has 0 unspecified atom stereocenters. The lowest BCUT2D eigenvalue weighted by Gasteiger charge is -2.35. The lowest BCUT2D eigenvalue weighted by molar-refractivity contribution is 0.122. The van der Waals surface area contributed by atoms with Crippen LogP contribution in [0.25, 0.3) is 0 Å². The summed E-state index contributed by atoms with van der Waals surface area (Å²) in [7, 11) is 1.84. The summed E-state index contributed by atoms with van der Waals surface area (Å²) in [6.07, 6.45) is 1.50. The van der Waals surface area contributed by atoms with Gasteiger partial charge in [-0.1, -0.05) is 0 Å². The lowest BCUT2D eigenvalue weighted by Crippen LogP contribution is -2.48. The van der Waals surface area contributed by atoms with Gasteiger partial charge in [0.05, 0.1) is 10.6 Å². The number of hydrogen-bond donors (Lipinski definition) is 2. The highest BCUT2D eigenvalue weighted by Gasteiger charge is 2.20. The maximum Gasteiger partial charge on any atom is 0.227 e. The molecular weight excluding hydrogens is 310 g/mol. The Bertz CT molecular complexity index is 421. The highest BCUT2D eigenvalue weighted by Crippen LogP contribution is 2.21. The molecule has 0 radical (unpaired) electrons. The van der Waals surface area contributed by atoms with Crippen molar-refractivity contribution in [3.63, 3.8) is 0 Å². The molecule has 1 aromatic rings. The van der Waals surface area contributed by atoms with Gasteiger partial charge in [-0.25, -0.2) is 4.98 Å². The summed E-state index contributed by atoms with van der Waals surface area (Å²) in [6.45, 7) is 6.19. The number of aliphatic hydroxyl groups is 1. The summed E-state index contributed by atoms with van der Waals surface area (Å²) in [5.41, 5.74) is 0. The predicted molar refractivity (Wildman–Crippen MR) is 79.6 cm³/mol. The zero-order valence-corrected chi connectivity index (χ0v) is 12.9. The summed E-state index contributed by atoms with van der Waals surface area (Å²) in [4.78, 5) is 13.3. The minimum atomic E-state index is -0.272. The Morgan fingerprint density at radius 2 is 2.11 bits per heavy atom. The van der Waals surface area contributed by atoms with Crippen molar-refractivity contribution in [2.75, 3.05) is 50.0 Å². The monoisotopic (exact) mass is 329 g/mol. The minimum Gasteiger partial charge on any atom is -0.392 e. The fraction of sp³-hybridized carbons (Fsp3) is 0.667. The molecule has 106 valence electrons. The van der Waals surface area contributed by atoms with Gasteiger partial charge in [0.1, 0.15) is 5.82 Å². The molecule has 0 saturated carbocycles. The summed E-state index contributed by atoms with van der Waals surface area (Å²) in [5.74, 6) is 1.56. The number of nitrogens with one attached hydrogen (secondary N) is 1. The van der Waals surface area contributed by atoms with Crippen LogP contribution >= 0.6 is 15.9 Å². The second-order valence-electron chi connectivity index (χ2n) is 4.75.